The second-order valence-corrected chi connectivity index (χ2v) is 6.83. The molecule has 2 amide bonds. The van der Waals surface area contributed by atoms with E-state index >= 15 is 0 Å². The molecule has 2 aromatic rings. The van der Waals surface area contributed by atoms with Gasteiger partial charge in [-0.25, -0.2) is 0 Å². The number of hydrogen-bond acceptors (Lipinski definition) is 3. The molecule has 0 aliphatic carbocycles. The van der Waals surface area contributed by atoms with E-state index in [0.717, 1.165) is 5.69 Å². The van der Waals surface area contributed by atoms with Crippen LogP contribution in [0.4, 0.5) is 11.4 Å². The molecule has 0 radical (unpaired) electrons. The lowest BCUT2D eigenvalue weighted by Gasteiger charge is -2.07. The summed E-state index contributed by atoms with van der Waals surface area (Å²) < 4.78 is 0.715. The van der Waals surface area contributed by atoms with E-state index in [1.165, 1.54) is 11.8 Å². The number of halogens is 2. The zero-order chi connectivity index (χ0) is 16.7. The second-order valence-electron chi connectivity index (χ2n) is 4.58. The van der Waals surface area contributed by atoms with Gasteiger partial charge in [0.2, 0.25) is 11.8 Å². The molecule has 0 saturated heterocycles. The quantitative estimate of drug-likeness (QED) is 0.737. The minimum absolute atomic E-state index is 0.136. The van der Waals surface area contributed by atoms with Gasteiger partial charge in [-0.1, -0.05) is 29.8 Å². The van der Waals surface area contributed by atoms with Crippen LogP contribution in [0.15, 0.2) is 53.0 Å². The largest absolute Gasteiger partial charge is 0.325 e. The summed E-state index contributed by atoms with van der Waals surface area (Å²) >= 11 is 10.4. The van der Waals surface area contributed by atoms with Crippen molar-refractivity contribution in [3.8, 4) is 0 Å². The molecule has 23 heavy (non-hydrogen) atoms. The van der Waals surface area contributed by atoms with E-state index in [2.05, 4.69) is 26.6 Å². The van der Waals surface area contributed by atoms with Crippen molar-refractivity contribution in [2.24, 2.45) is 0 Å². The fraction of sp³-hybridized carbons (Fsp3) is 0.125. The van der Waals surface area contributed by atoms with Crippen molar-refractivity contribution in [2.45, 2.75) is 0 Å². The van der Waals surface area contributed by atoms with Gasteiger partial charge < -0.3 is 10.6 Å². The van der Waals surface area contributed by atoms with Crippen LogP contribution < -0.4 is 10.6 Å². The zero-order valence-corrected chi connectivity index (χ0v) is 15.2. The monoisotopic (exact) mass is 412 g/mol. The maximum absolute atomic E-state index is 11.8. The SMILES string of the molecule is O=C(CSCC(=O)Nc1ccc(Cl)c(Br)c1)Nc1ccccc1. The van der Waals surface area contributed by atoms with Crippen LogP contribution in [0.5, 0.6) is 0 Å². The molecular weight excluding hydrogens is 400 g/mol. The highest BCUT2D eigenvalue weighted by atomic mass is 79.9. The molecule has 0 aliphatic heterocycles. The molecule has 0 aliphatic rings. The van der Waals surface area contributed by atoms with Gasteiger partial charge in [0.1, 0.15) is 0 Å². The average Bonchev–Trinajstić information content (AvgIpc) is 2.52. The van der Waals surface area contributed by atoms with Gasteiger partial charge in [-0.05, 0) is 46.3 Å². The number of amides is 2. The smallest absolute Gasteiger partial charge is 0.234 e. The molecule has 4 nitrogen and oxygen atoms in total. The van der Waals surface area contributed by atoms with Gasteiger partial charge in [0.05, 0.1) is 16.5 Å². The maximum Gasteiger partial charge on any atom is 0.234 e. The summed E-state index contributed by atoms with van der Waals surface area (Å²) in [7, 11) is 0. The number of nitrogens with one attached hydrogen (secondary N) is 2. The van der Waals surface area contributed by atoms with Crippen LogP contribution in [0.3, 0.4) is 0 Å². The molecule has 0 saturated carbocycles. The first-order valence-corrected chi connectivity index (χ1v) is 9.05. The molecule has 2 N–H and O–H groups in total. The molecule has 7 heteroatoms. The summed E-state index contributed by atoms with van der Waals surface area (Å²) in [5.74, 6) is 0.106. The summed E-state index contributed by atoms with van der Waals surface area (Å²) in [6, 6.07) is 14.3. The molecule has 0 heterocycles. The Morgan fingerprint density at radius 2 is 1.57 bits per heavy atom. The number of rotatable bonds is 6. The molecule has 2 aromatic carbocycles. The normalized spacial score (nSPS) is 10.2. The third kappa shape index (κ3) is 6.25. The first kappa shape index (κ1) is 17.8. The van der Waals surface area contributed by atoms with Gasteiger partial charge in [0.15, 0.2) is 0 Å². The van der Waals surface area contributed by atoms with Gasteiger partial charge in [0, 0.05) is 15.8 Å². The first-order chi connectivity index (χ1) is 11.0. The van der Waals surface area contributed by atoms with E-state index in [1.54, 1.807) is 18.2 Å². The third-order valence-corrected chi connectivity index (χ3v) is 4.87. The van der Waals surface area contributed by atoms with Crippen molar-refractivity contribution in [2.75, 3.05) is 22.1 Å². The van der Waals surface area contributed by atoms with Gasteiger partial charge in [0.25, 0.3) is 0 Å². The topological polar surface area (TPSA) is 58.2 Å². The Hall–Kier alpha value is -1.50. The Kier molecular flexibility index (Phi) is 6.95. The standard InChI is InChI=1S/C16H14BrClN2O2S/c17-13-8-12(6-7-14(13)18)20-16(22)10-23-9-15(21)19-11-4-2-1-3-5-11/h1-8H,9-10H2,(H,19,21)(H,20,22). The van der Waals surface area contributed by atoms with E-state index in [9.17, 15) is 9.59 Å². The predicted octanol–water partition coefficient (Wildman–Crippen LogP) is 4.41. The molecule has 0 atom stereocenters. The molecule has 0 aromatic heterocycles. The van der Waals surface area contributed by atoms with Gasteiger partial charge >= 0.3 is 0 Å². The van der Waals surface area contributed by atoms with Gasteiger partial charge in [-0.15, -0.1) is 11.8 Å². The summed E-state index contributed by atoms with van der Waals surface area (Å²) in [6.45, 7) is 0. The van der Waals surface area contributed by atoms with E-state index in [-0.39, 0.29) is 23.3 Å². The lowest BCUT2D eigenvalue weighted by molar-refractivity contribution is -0.114. The van der Waals surface area contributed by atoms with Crippen LogP contribution in [-0.2, 0) is 9.59 Å². The number of carbonyl (C=O) groups is 2. The van der Waals surface area contributed by atoms with Crippen LogP contribution in [-0.4, -0.2) is 23.3 Å². The first-order valence-electron chi connectivity index (χ1n) is 6.72. The summed E-state index contributed by atoms with van der Waals surface area (Å²) in [6.07, 6.45) is 0. The van der Waals surface area contributed by atoms with Crippen LogP contribution in [0.2, 0.25) is 5.02 Å². The Morgan fingerprint density at radius 3 is 2.17 bits per heavy atom. The predicted molar refractivity (Wildman–Crippen MR) is 100 cm³/mol. The van der Waals surface area contributed by atoms with Gasteiger partial charge in [-0.3, -0.25) is 9.59 Å². The summed E-state index contributed by atoms with van der Waals surface area (Å²) in [4.78, 5) is 23.6. The molecule has 0 spiro atoms. The van der Waals surface area contributed by atoms with E-state index in [0.29, 0.717) is 15.2 Å². The average molecular weight is 414 g/mol. The van der Waals surface area contributed by atoms with Gasteiger partial charge in [-0.2, -0.15) is 0 Å². The van der Waals surface area contributed by atoms with E-state index in [4.69, 9.17) is 11.6 Å². The van der Waals surface area contributed by atoms with Crippen LogP contribution in [0, 0.1) is 0 Å². The number of carbonyl (C=O) groups excluding carboxylic acids is 2. The van der Waals surface area contributed by atoms with Crippen molar-refractivity contribution < 1.29 is 9.59 Å². The van der Waals surface area contributed by atoms with E-state index in [1.807, 2.05) is 30.3 Å². The highest BCUT2D eigenvalue weighted by Gasteiger charge is 2.07. The third-order valence-electron chi connectivity index (χ3n) is 2.73. The maximum atomic E-state index is 11.8. The molecule has 0 unspecified atom stereocenters. The Balaban J connectivity index is 1.72. The van der Waals surface area contributed by atoms with Crippen molar-refractivity contribution in [1.82, 2.24) is 0 Å². The summed E-state index contributed by atoms with van der Waals surface area (Å²) in [5, 5.41) is 6.10. The van der Waals surface area contributed by atoms with Crippen LogP contribution in [0.1, 0.15) is 0 Å². The number of anilines is 2. The number of para-hydroxylation sites is 1. The Morgan fingerprint density at radius 1 is 0.957 bits per heavy atom. The Bertz CT molecular complexity index is 698. The molecule has 0 fully saturated rings. The lowest BCUT2D eigenvalue weighted by atomic mass is 10.3. The molecule has 120 valence electrons. The number of benzene rings is 2. The van der Waals surface area contributed by atoms with Crippen molar-refractivity contribution in [3.05, 3.63) is 58.0 Å². The summed E-state index contributed by atoms with van der Waals surface area (Å²) in [5.41, 5.74) is 1.40. The fourth-order valence-corrected chi connectivity index (χ4v) is 2.84. The van der Waals surface area contributed by atoms with Crippen molar-refractivity contribution in [1.29, 1.82) is 0 Å². The molecule has 2 rings (SSSR count). The second kappa shape index (κ2) is 8.96. The highest BCUT2D eigenvalue weighted by molar-refractivity contribution is 9.10. The lowest BCUT2D eigenvalue weighted by Crippen LogP contribution is -2.18. The minimum Gasteiger partial charge on any atom is -0.325 e. The van der Waals surface area contributed by atoms with Crippen LogP contribution >= 0.6 is 39.3 Å². The van der Waals surface area contributed by atoms with E-state index < -0.39 is 0 Å². The zero-order valence-electron chi connectivity index (χ0n) is 12.0. The highest BCUT2D eigenvalue weighted by Crippen LogP contribution is 2.25. The van der Waals surface area contributed by atoms with Crippen LogP contribution in [0.25, 0.3) is 0 Å². The fourth-order valence-electron chi connectivity index (χ4n) is 1.73. The van der Waals surface area contributed by atoms with Crippen molar-refractivity contribution >= 4 is 62.5 Å². The number of hydrogen-bond donors (Lipinski definition) is 2. The number of thioether (sulfide) groups is 1. The van der Waals surface area contributed by atoms with Crippen molar-refractivity contribution in [3.63, 3.8) is 0 Å². The minimum atomic E-state index is -0.170. The Labute approximate surface area is 152 Å². The molecule has 0 bridgehead atoms. The molecular formula is C16H14BrClN2O2S.